The smallest absolute Gasteiger partial charge is 0.328 e. The molecule has 1 aromatic carbocycles. The van der Waals surface area contributed by atoms with Crippen molar-refractivity contribution in [1.29, 1.82) is 0 Å². The number of amides is 1. The predicted molar refractivity (Wildman–Crippen MR) is 93.0 cm³/mol. The number of hydrogen-bond acceptors (Lipinski definition) is 4. The van der Waals surface area contributed by atoms with Crippen molar-refractivity contribution in [2.75, 3.05) is 12.9 Å². The van der Waals surface area contributed by atoms with Crippen molar-refractivity contribution in [2.45, 2.75) is 38.1 Å². The zero-order valence-corrected chi connectivity index (χ0v) is 15.7. The molecule has 0 aliphatic carbocycles. The minimum atomic E-state index is -0.580. The first-order valence-corrected chi connectivity index (χ1v) is 8.87. The number of methoxy groups -OCH3 is 1. The van der Waals surface area contributed by atoms with Gasteiger partial charge in [-0.2, -0.15) is 0 Å². The molecule has 0 radical (unpaired) electrons. The Morgan fingerprint density at radius 3 is 2.59 bits per heavy atom. The Hall–Kier alpha value is -1.01. The van der Waals surface area contributed by atoms with Crippen molar-refractivity contribution < 1.29 is 14.3 Å². The molecule has 0 saturated carbocycles. The maximum Gasteiger partial charge on any atom is 0.328 e. The van der Waals surface area contributed by atoms with Crippen LogP contribution in [0.25, 0.3) is 0 Å². The Morgan fingerprint density at radius 2 is 2.05 bits per heavy atom. The second-order valence-corrected chi connectivity index (χ2v) is 7.40. The predicted octanol–water partition coefficient (Wildman–Crippen LogP) is 3.55. The average Bonchev–Trinajstić information content (AvgIpc) is 2.44. The van der Waals surface area contributed by atoms with Gasteiger partial charge < -0.3 is 10.1 Å². The molecule has 1 rings (SSSR count). The number of ether oxygens (including phenoxy) is 1. The van der Waals surface area contributed by atoms with E-state index in [4.69, 9.17) is 4.74 Å². The van der Waals surface area contributed by atoms with Crippen molar-refractivity contribution in [3.63, 3.8) is 0 Å². The van der Waals surface area contributed by atoms with E-state index in [0.717, 1.165) is 14.9 Å². The third-order valence-electron chi connectivity index (χ3n) is 3.02. The molecule has 0 heterocycles. The van der Waals surface area contributed by atoms with Gasteiger partial charge in [-0.25, -0.2) is 4.79 Å². The van der Waals surface area contributed by atoms with Crippen LogP contribution < -0.4 is 5.32 Å². The molecular weight excluding hydrogens is 366 g/mol. The normalized spacial score (nSPS) is 12.1. The molecule has 122 valence electrons. The fraction of sp³-hybridized carbons (Fsp3) is 0.500. The summed E-state index contributed by atoms with van der Waals surface area (Å²) < 4.78 is 5.76. The standard InChI is InChI=1S/C16H22BrNO3S/c1-10(2)7-13(16(20)21-4)18-15(19)9-22-14-6-5-12(17)8-11(14)3/h5-6,8,10,13H,7,9H2,1-4H3,(H,18,19). The largest absolute Gasteiger partial charge is 0.467 e. The van der Waals surface area contributed by atoms with Crippen LogP contribution in [-0.4, -0.2) is 30.8 Å². The molecule has 0 saturated heterocycles. The molecule has 0 aliphatic heterocycles. The summed E-state index contributed by atoms with van der Waals surface area (Å²) in [5.74, 6) is 0.00894. The minimum absolute atomic E-state index is 0.164. The van der Waals surface area contributed by atoms with E-state index in [-0.39, 0.29) is 11.7 Å². The van der Waals surface area contributed by atoms with E-state index in [0.29, 0.717) is 12.3 Å². The van der Waals surface area contributed by atoms with E-state index in [9.17, 15) is 9.59 Å². The lowest BCUT2D eigenvalue weighted by molar-refractivity contribution is -0.145. The van der Waals surface area contributed by atoms with Gasteiger partial charge in [0.2, 0.25) is 5.91 Å². The van der Waals surface area contributed by atoms with Crippen LogP contribution in [-0.2, 0) is 14.3 Å². The highest BCUT2D eigenvalue weighted by Crippen LogP contribution is 2.25. The molecule has 4 nitrogen and oxygen atoms in total. The maximum atomic E-state index is 12.1. The Kier molecular flexibility index (Phi) is 7.96. The third-order valence-corrected chi connectivity index (χ3v) is 4.69. The number of halogens is 1. The SMILES string of the molecule is COC(=O)C(CC(C)C)NC(=O)CSc1ccc(Br)cc1C. The van der Waals surface area contributed by atoms with Crippen molar-refractivity contribution in [3.8, 4) is 0 Å². The second kappa shape index (κ2) is 9.20. The van der Waals surface area contributed by atoms with Crippen LogP contribution in [0.1, 0.15) is 25.8 Å². The van der Waals surface area contributed by atoms with E-state index < -0.39 is 12.0 Å². The lowest BCUT2D eigenvalue weighted by atomic mass is 10.0. The van der Waals surface area contributed by atoms with E-state index in [1.165, 1.54) is 18.9 Å². The zero-order chi connectivity index (χ0) is 16.7. The summed E-state index contributed by atoms with van der Waals surface area (Å²) in [6.07, 6.45) is 0.570. The molecule has 1 amide bonds. The van der Waals surface area contributed by atoms with Gasteiger partial charge in [-0.15, -0.1) is 11.8 Å². The number of esters is 1. The van der Waals surface area contributed by atoms with Gasteiger partial charge in [0.15, 0.2) is 0 Å². The van der Waals surface area contributed by atoms with Crippen LogP contribution in [0.5, 0.6) is 0 Å². The number of nitrogens with one attached hydrogen (secondary N) is 1. The van der Waals surface area contributed by atoms with Crippen LogP contribution in [0, 0.1) is 12.8 Å². The van der Waals surface area contributed by atoms with Gasteiger partial charge in [0.25, 0.3) is 0 Å². The molecule has 6 heteroatoms. The van der Waals surface area contributed by atoms with Crippen LogP contribution in [0.3, 0.4) is 0 Å². The van der Waals surface area contributed by atoms with E-state index >= 15 is 0 Å². The summed E-state index contributed by atoms with van der Waals surface area (Å²) in [7, 11) is 1.34. The van der Waals surface area contributed by atoms with Gasteiger partial charge >= 0.3 is 5.97 Å². The van der Waals surface area contributed by atoms with Gasteiger partial charge in [0.05, 0.1) is 12.9 Å². The highest BCUT2D eigenvalue weighted by atomic mass is 79.9. The van der Waals surface area contributed by atoms with Gasteiger partial charge in [-0.1, -0.05) is 29.8 Å². The summed E-state index contributed by atoms with van der Waals surface area (Å²) in [4.78, 5) is 24.8. The molecule has 1 N–H and O–H groups in total. The van der Waals surface area contributed by atoms with Crippen molar-refractivity contribution in [2.24, 2.45) is 5.92 Å². The lowest BCUT2D eigenvalue weighted by Crippen LogP contribution is -2.43. The summed E-state index contributed by atoms with van der Waals surface area (Å²) in [5, 5.41) is 2.76. The number of carbonyl (C=O) groups excluding carboxylic acids is 2. The monoisotopic (exact) mass is 387 g/mol. The summed E-state index contributed by atoms with van der Waals surface area (Å²) in [5.41, 5.74) is 1.11. The second-order valence-electron chi connectivity index (χ2n) is 5.47. The van der Waals surface area contributed by atoms with E-state index in [2.05, 4.69) is 21.2 Å². The highest BCUT2D eigenvalue weighted by molar-refractivity contribution is 9.10. The molecule has 1 unspecified atom stereocenters. The van der Waals surface area contributed by atoms with E-state index in [1.807, 2.05) is 39.0 Å². The molecule has 1 aromatic rings. The number of benzene rings is 1. The van der Waals surface area contributed by atoms with Gasteiger partial charge in [0.1, 0.15) is 6.04 Å². The van der Waals surface area contributed by atoms with Crippen molar-refractivity contribution in [1.82, 2.24) is 5.32 Å². The third kappa shape index (κ3) is 6.40. The molecule has 0 spiro atoms. The number of aryl methyl sites for hydroxylation is 1. The number of carbonyl (C=O) groups is 2. The fourth-order valence-corrected chi connectivity index (χ4v) is 3.28. The van der Waals surface area contributed by atoms with Gasteiger partial charge in [-0.05, 0) is 43.0 Å². The molecule has 0 aromatic heterocycles. The average molecular weight is 388 g/mol. The Bertz CT molecular complexity index is 534. The molecule has 0 aliphatic rings. The Labute approximate surface area is 144 Å². The van der Waals surface area contributed by atoms with E-state index in [1.54, 1.807) is 0 Å². The topological polar surface area (TPSA) is 55.4 Å². The van der Waals surface area contributed by atoms with Gasteiger partial charge in [0, 0.05) is 9.37 Å². The molecule has 0 fully saturated rings. The highest BCUT2D eigenvalue weighted by Gasteiger charge is 2.22. The number of thioether (sulfide) groups is 1. The minimum Gasteiger partial charge on any atom is -0.467 e. The maximum absolute atomic E-state index is 12.1. The molecule has 22 heavy (non-hydrogen) atoms. The molecule has 0 bridgehead atoms. The van der Waals surface area contributed by atoms with Crippen molar-refractivity contribution in [3.05, 3.63) is 28.2 Å². The van der Waals surface area contributed by atoms with Crippen LogP contribution in [0.4, 0.5) is 0 Å². The summed E-state index contributed by atoms with van der Waals surface area (Å²) in [6, 6.07) is 5.35. The quantitative estimate of drug-likeness (QED) is 0.573. The Balaban J connectivity index is 2.58. The fourth-order valence-electron chi connectivity index (χ4n) is 1.98. The van der Waals surface area contributed by atoms with Crippen LogP contribution in [0.2, 0.25) is 0 Å². The zero-order valence-electron chi connectivity index (χ0n) is 13.3. The van der Waals surface area contributed by atoms with Crippen LogP contribution in [0.15, 0.2) is 27.6 Å². The molecular formula is C16H22BrNO3S. The first kappa shape index (κ1) is 19.0. The first-order chi connectivity index (χ1) is 10.3. The first-order valence-electron chi connectivity index (χ1n) is 7.09. The molecule has 1 atom stereocenters. The number of rotatable bonds is 7. The van der Waals surface area contributed by atoms with Crippen LogP contribution >= 0.6 is 27.7 Å². The summed E-state index contributed by atoms with van der Waals surface area (Å²) >= 11 is 4.87. The lowest BCUT2D eigenvalue weighted by Gasteiger charge is -2.18. The Morgan fingerprint density at radius 1 is 1.36 bits per heavy atom. The number of hydrogen-bond donors (Lipinski definition) is 1. The van der Waals surface area contributed by atoms with Crippen molar-refractivity contribution >= 4 is 39.6 Å². The van der Waals surface area contributed by atoms with Gasteiger partial charge in [-0.3, -0.25) is 4.79 Å². The summed E-state index contributed by atoms with van der Waals surface area (Å²) in [6.45, 7) is 6.01.